The topological polar surface area (TPSA) is 12.0 Å². The van der Waals surface area contributed by atoms with Gasteiger partial charge in [0.05, 0.1) is 13.1 Å². The van der Waals surface area contributed by atoms with Crippen molar-refractivity contribution in [3.05, 3.63) is 0 Å². The summed E-state index contributed by atoms with van der Waals surface area (Å²) in [7, 11) is 0. The molecule has 1 fully saturated rings. The summed E-state index contributed by atoms with van der Waals surface area (Å²) < 4.78 is 23.0. The molecule has 1 nitrogen and oxygen atoms in total. The van der Waals surface area contributed by atoms with Crippen LogP contribution in [0.15, 0.2) is 0 Å². The molecule has 0 bridgehead atoms. The molecule has 1 aliphatic heterocycles. The SMILES string of the molecule is FC1(F)CNC1.[HH].[HH]. The van der Waals surface area contributed by atoms with E-state index in [2.05, 4.69) is 5.32 Å². The summed E-state index contributed by atoms with van der Waals surface area (Å²) in [5, 5.41) is 2.45. The minimum absolute atomic E-state index is 0. The highest BCUT2D eigenvalue weighted by Gasteiger charge is 2.36. The van der Waals surface area contributed by atoms with Crippen molar-refractivity contribution in [2.75, 3.05) is 13.1 Å². The Hall–Kier alpha value is -0.180. The maximum Gasteiger partial charge on any atom is 0.272 e. The monoisotopic (exact) mass is 97.1 g/mol. The third-order valence-corrected chi connectivity index (χ3v) is 0.767. The summed E-state index contributed by atoms with van der Waals surface area (Å²) >= 11 is 0. The quantitative estimate of drug-likeness (QED) is 0.469. The second kappa shape index (κ2) is 0.904. The largest absolute Gasteiger partial charge is 0.305 e. The first-order valence-corrected chi connectivity index (χ1v) is 1.79. The fourth-order valence-corrected chi connectivity index (χ4v) is 0.314. The molecule has 0 spiro atoms. The van der Waals surface area contributed by atoms with E-state index in [0.29, 0.717) is 0 Å². The molecule has 0 aromatic carbocycles. The first kappa shape index (κ1) is 3.99. The van der Waals surface area contributed by atoms with E-state index in [9.17, 15) is 8.78 Å². The van der Waals surface area contributed by atoms with E-state index in [0.717, 1.165) is 0 Å². The third-order valence-electron chi connectivity index (χ3n) is 0.767. The van der Waals surface area contributed by atoms with E-state index in [1.54, 1.807) is 0 Å². The molecule has 0 aromatic rings. The van der Waals surface area contributed by atoms with E-state index >= 15 is 0 Å². The highest BCUT2D eigenvalue weighted by atomic mass is 19.3. The Morgan fingerprint density at radius 1 is 1.50 bits per heavy atom. The molecule has 1 aliphatic rings. The Kier molecular flexibility index (Phi) is 0.602. The zero-order valence-corrected chi connectivity index (χ0v) is 3.17. The van der Waals surface area contributed by atoms with Crippen LogP contribution in [-0.2, 0) is 0 Å². The molecular formula is C3H9F2N. The van der Waals surface area contributed by atoms with Gasteiger partial charge in [-0.1, -0.05) is 0 Å². The molecule has 0 radical (unpaired) electrons. The Morgan fingerprint density at radius 3 is 1.83 bits per heavy atom. The predicted octanol–water partition coefficient (Wildman–Crippen LogP) is 0.717. The van der Waals surface area contributed by atoms with E-state index < -0.39 is 5.92 Å². The van der Waals surface area contributed by atoms with Crippen LogP contribution in [0.2, 0.25) is 0 Å². The molecule has 1 heterocycles. The summed E-state index contributed by atoms with van der Waals surface area (Å²) in [5.41, 5.74) is 0. The van der Waals surface area contributed by atoms with Gasteiger partial charge in [-0.2, -0.15) is 0 Å². The van der Waals surface area contributed by atoms with Crippen LogP contribution in [-0.4, -0.2) is 19.0 Å². The normalized spacial score (nSPS) is 29.0. The number of hydrogen-bond acceptors (Lipinski definition) is 1. The number of halogens is 2. The molecule has 0 atom stereocenters. The summed E-state index contributed by atoms with van der Waals surface area (Å²) in [4.78, 5) is 0. The molecule has 1 saturated heterocycles. The van der Waals surface area contributed by atoms with Crippen molar-refractivity contribution in [3.8, 4) is 0 Å². The third kappa shape index (κ3) is 0.497. The van der Waals surface area contributed by atoms with Gasteiger partial charge in [0.15, 0.2) is 0 Å². The zero-order chi connectivity index (χ0) is 4.62. The number of hydrogen-bond donors (Lipinski definition) is 1. The highest BCUT2D eigenvalue weighted by Crippen LogP contribution is 2.16. The maximum absolute atomic E-state index is 11.5. The van der Waals surface area contributed by atoms with Crippen molar-refractivity contribution in [1.29, 1.82) is 0 Å². The van der Waals surface area contributed by atoms with Crippen molar-refractivity contribution >= 4 is 0 Å². The molecule has 40 valence electrons. The van der Waals surface area contributed by atoms with Gasteiger partial charge >= 0.3 is 0 Å². The van der Waals surface area contributed by atoms with Crippen molar-refractivity contribution in [2.45, 2.75) is 5.92 Å². The maximum atomic E-state index is 11.5. The molecular weight excluding hydrogens is 88.0 g/mol. The summed E-state index contributed by atoms with van der Waals surface area (Å²) in [6.07, 6.45) is 0. The van der Waals surface area contributed by atoms with E-state index in [1.165, 1.54) is 0 Å². The summed E-state index contributed by atoms with van der Waals surface area (Å²) in [5.74, 6) is -2.39. The van der Waals surface area contributed by atoms with Crippen LogP contribution in [0.4, 0.5) is 8.78 Å². The van der Waals surface area contributed by atoms with Gasteiger partial charge in [-0.15, -0.1) is 0 Å². The highest BCUT2D eigenvalue weighted by molar-refractivity contribution is 4.81. The van der Waals surface area contributed by atoms with Crippen LogP contribution in [0.25, 0.3) is 0 Å². The van der Waals surface area contributed by atoms with Crippen LogP contribution in [0.3, 0.4) is 0 Å². The predicted molar refractivity (Wildman–Crippen MR) is 22.0 cm³/mol. The Labute approximate surface area is 37.3 Å². The van der Waals surface area contributed by atoms with Crippen LogP contribution in [0.5, 0.6) is 0 Å². The molecule has 0 amide bonds. The standard InChI is InChI=1S/C3H5F2N.2H2/c4-3(5)1-6-2-3;;/h6H,1-2H2;2*1H. The summed E-state index contributed by atoms with van der Waals surface area (Å²) in [6.45, 7) is -0.264. The first-order valence-electron chi connectivity index (χ1n) is 1.79. The van der Waals surface area contributed by atoms with Gasteiger partial charge in [0, 0.05) is 2.85 Å². The Morgan fingerprint density at radius 2 is 1.83 bits per heavy atom. The van der Waals surface area contributed by atoms with Crippen molar-refractivity contribution in [3.63, 3.8) is 0 Å². The lowest BCUT2D eigenvalue weighted by Crippen LogP contribution is -2.52. The second-order valence-corrected chi connectivity index (χ2v) is 1.46. The van der Waals surface area contributed by atoms with Gasteiger partial charge in [-0.05, 0) is 0 Å². The van der Waals surface area contributed by atoms with Crippen LogP contribution < -0.4 is 5.32 Å². The van der Waals surface area contributed by atoms with Gasteiger partial charge in [-0.25, -0.2) is 8.78 Å². The van der Waals surface area contributed by atoms with Gasteiger partial charge < -0.3 is 5.32 Å². The fourth-order valence-electron chi connectivity index (χ4n) is 0.314. The van der Waals surface area contributed by atoms with E-state index in [-0.39, 0.29) is 15.9 Å². The molecule has 0 aromatic heterocycles. The zero-order valence-electron chi connectivity index (χ0n) is 3.17. The van der Waals surface area contributed by atoms with Gasteiger partial charge in [0.1, 0.15) is 0 Å². The average Bonchev–Trinajstić information content (AvgIpc) is 1.32. The molecule has 1 N–H and O–H groups in total. The minimum Gasteiger partial charge on any atom is -0.305 e. The summed E-state index contributed by atoms with van der Waals surface area (Å²) in [6, 6.07) is 0. The number of rotatable bonds is 0. The molecule has 1 rings (SSSR count). The van der Waals surface area contributed by atoms with Crippen molar-refractivity contribution < 1.29 is 11.6 Å². The Balaban J connectivity index is 0. The van der Waals surface area contributed by atoms with Gasteiger partial charge in [0.25, 0.3) is 5.92 Å². The lowest BCUT2D eigenvalue weighted by molar-refractivity contribution is -0.0475. The molecule has 0 aliphatic carbocycles. The molecule has 0 unspecified atom stereocenters. The lowest BCUT2D eigenvalue weighted by atomic mass is 10.2. The average molecular weight is 97.1 g/mol. The Bertz CT molecular complexity index is 62.3. The van der Waals surface area contributed by atoms with Gasteiger partial charge in [-0.3, -0.25) is 0 Å². The van der Waals surface area contributed by atoms with Gasteiger partial charge in [0.2, 0.25) is 0 Å². The smallest absolute Gasteiger partial charge is 0.272 e. The van der Waals surface area contributed by atoms with Crippen molar-refractivity contribution in [2.24, 2.45) is 0 Å². The molecule has 6 heavy (non-hydrogen) atoms. The van der Waals surface area contributed by atoms with Crippen LogP contribution in [0, 0.1) is 0 Å². The van der Waals surface area contributed by atoms with E-state index in [1.807, 2.05) is 0 Å². The van der Waals surface area contributed by atoms with Crippen molar-refractivity contribution in [1.82, 2.24) is 5.32 Å². The van der Waals surface area contributed by atoms with Crippen LogP contribution >= 0.6 is 0 Å². The second-order valence-electron chi connectivity index (χ2n) is 1.46. The minimum atomic E-state index is -2.39. The van der Waals surface area contributed by atoms with E-state index in [4.69, 9.17) is 0 Å². The lowest BCUT2D eigenvalue weighted by Gasteiger charge is -2.25. The van der Waals surface area contributed by atoms with Crippen LogP contribution in [0.1, 0.15) is 2.85 Å². The number of nitrogens with one attached hydrogen (secondary N) is 1. The first-order chi connectivity index (χ1) is 2.71. The number of alkyl halides is 2. The molecule has 3 heteroatoms. The molecule has 0 saturated carbocycles. The fraction of sp³-hybridized carbons (Fsp3) is 1.00.